The van der Waals surface area contributed by atoms with E-state index in [0.717, 1.165) is 30.3 Å². The zero-order valence-electron chi connectivity index (χ0n) is 11.2. The molecule has 2 aliphatic rings. The van der Waals surface area contributed by atoms with Gasteiger partial charge in [-0.25, -0.2) is 0 Å². The topological polar surface area (TPSA) is 12.5 Å². The average molecular weight is 304 g/mol. The summed E-state index contributed by atoms with van der Waals surface area (Å²) in [6.45, 7) is 7.99. The van der Waals surface area contributed by atoms with E-state index < -0.39 is 0 Å². The normalized spacial score (nSPS) is 32.5. The highest BCUT2D eigenvalue weighted by atomic mass is 79.9. The summed E-state index contributed by atoms with van der Waals surface area (Å²) in [7, 11) is 0. The number of fused-ring (bicyclic) bond motifs is 1. The van der Waals surface area contributed by atoms with E-state index in [1.807, 2.05) is 0 Å². The fourth-order valence-corrected chi connectivity index (χ4v) is 4.09. The molecule has 0 aromatic carbocycles. The van der Waals surface area contributed by atoms with Gasteiger partial charge in [0.1, 0.15) is 0 Å². The van der Waals surface area contributed by atoms with Crippen molar-refractivity contribution in [3.05, 3.63) is 0 Å². The van der Waals surface area contributed by atoms with E-state index in [1.165, 1.54) is 32.2 Å². The monoisotopic (exact) mass is 303 g/mol. The van der Waals surface area contributed by atoms with Crippen LogP contribution in [0.4, 0.5) is 0 Å². The van der Waals surface area contributed by atoms with Crippen molar-refractivity contribution in [1.29, 1.82) is 0 Å². The molecule has 0 radical (unpaired) electrons. The second kappa shape index (κ2) is 6.53. The van der Waals surface area contributed by atoms with Crippen molar-refractivity contribution in [2.45, 2.75) is 51.7 Å². The zero-order valence-corrected chi connectivity index (χ0v) is 12.8. The summed E-state index contributed by atoms with van der Waals surface area (Å²) >= 11 is 3.67. The smallest absolute Gasteiger partial charge is 0.0730 e. The highest BCUT2D eigenvalue weighted by molar-refractivity contribution is 9.09. The first kappa shape index (κ1) is 13.8. The first-order valence-electron chi connectivity index (χ1n) is 7.14. The number of rotatable bonds is 4. The summed E-state index contributed by atoms with van der Waals surface area (Å²) in [6, 6.07) is 0.706. The van der Waals surface area contributed by atoms with Crippen LogP contribution in [0.25, 0.3) is 0 Å². The minimum Gasteiger partial charge on any atom is -0.375 e. The Balaban J connectivity index is 1.94. The van der Waals surface area contributed by atoms with Gasteiger partial charge in [-0.3, -0.25) is 4.90 Å². The molecular weight excluding hydrogens is 278 g/mol. The molecule has 0 aromatic heterocycles. The van der Waals surface area contributed by atoms with E-state index in [0.29, 0.717) is 12.1 Å². The van der Waals surface area contributed by atoms with Gasteiger partial charge in [0.15, 0.2) is 0 Å². The standard InChI is InChI=1S/C14H26BrNO/c1-11(2)12(9-15)10-16-7-8-17-14-6-4-3-5-13(14)16/h11-14H,3-10H2,1-2H3. The number of halogens is 1. The molecule has 1 aliphatic heterocycles. The van der Waals surface area contributed by atoms with E-state index in [9.17, 15) is 0 Å². The van der Waals surface area contributed by atoms with Crippen LogP contribution in [0.5, 0.6) is 0 Å². The van der Waals surface area contributed by atoms with Crippen LogP contribution < -0.4 is 0 Å². The van der Waals surface area contributed by atoms with Gasteiger partial charge in [-0.05, 0) is 24.7 Å². The Bertz CT molecular complexity index is 232. The van der Waals surface area contributed by atoms with Gasteiger partial charge in [-0.15, -0.1) is 0 Å². The summed E-state index contributed by atoms with van der Waals surface area (Å²) in [5.74, 6) is 1.54. The van der Waals surface area contributed by atoms with Crippen molar-refractivity contribution in [2.75, 3.05) is 25.0 Å². The molecule has 1 saturated carbocycles. The van der Waals surface area contributed by atoms with E-state index in [-0.39, 0.29) is 0 Å². The third-order valence-corrected chi connectivity index (χ3v) is 5.29. The maximum atomic E-state index is 5.93. The number of nitrogens with zero attached hydrogens (tertiary/aromatic N) is 1. The van der Waals surface area contributed by atoms with E-state index in [1.54, 1.807) is 0 Å². The van der Waals surface area contributed by atoms with Crippen LogP contribution in [0, 0.1) is 11.8 Å². The number of alkyl halides is 1. The van der Waals surface area contributed by atoms with Gasteiger partial charge in [-0.1, -0.05) is 42.6 Å². The van der Waals surface area contributed by atoms with Crippen LogP contribution in [-0.2, 0) is 4.74 Å². The molecule has 0 N–H and O–H groups in total. The average Bonchev–Trinajstić information content (AvgIpc) is 2.35. The highest BCUT2D eigenvalue weighted by Gasteiger charge is 2.35. The van der Waals surface area contributed by atoms with Crippen LogP contribution in [0.15, 0.2) is 0 Å². The van der Waals surface area contributed by atoms with E-state index >= 15 is 0 Å². The van der Waals surface area contributed by atoms with E-state index in [2.05, 4.69) is 34.7 Å². The van der Waals surface area contributed by atoms with Crippen molar-refractivity contribution in [3.8, 4) is 0 Å². The molecular formula is C14H26BrNO. The van der Waals surface area contributed by atoms with Crippen LogP contribution in [-0.4, -0.2) is 42.1 Å². The van der Waals surface area contributed by atoms with Crippen LogP contribution in [0.3, 0.4) is 0 Å². The Morgan fingerprint density at radius 1 is 1.29 bits per heavy atom. The molecule has 3 unspecified atom stereocenters. The maximum Gasteiger partial charge on any atom is 0.0730 e. The fourth-order valence-electron chi connectivity index (χ4n) is 3.14. The number of morpholine rings is 1. The second-order valence-electron chi connectivity index (χ2n) is 5.91. The lowest BCUT2D eigenvalue weighted by molar-refractivity contribution is -0.0925. The Hall–Kier alpha value is 0.400. The van der Waals surface area contributed by atoms with Gasteiger partial charge in [0.05, 0.1) is 12.7 Å². The van der Waals surface area contributed by atoms with Crippen LogP contribution in [0.2, 0.25) is 0 Å². The molecule has 17 heavy (non-hydrogen) atoms. The molecule has 2 fully saturated rings. The molecule has 1 saturated heterocycles. The third-order valence-electron chi connectivity index (χ3n) is 4.46. The SMILES string of the molecule is CC(C)C(CBr)CN1CCOC2CCCCC21. The summed E-state index contributed by atoms with van der Waals surface area (Å²) in [5.41, 5.74) is 0. The minimum atomic E-state index is 0.528. The third kappa shape index (κ3) is 3.45. The number of hydrogen-bond acceptors (Lipinski definition) is 2. The first-order chi connectivity index (χ1) is 8.22. The van der Waals surface area contributed by atoms with Gasteiger partial charge < -0.3 is 4.74 Å². The van der Waals surface area contributed by atoms with Crippen molar-refractivity contribution in [2.24, 2.45) is 11.8 Å². The summed E-state index contributed by atoms with van der Waals surface area (Å²) in [5, 5.41) is 1.12. The summed E-state index contributed by atoms with van der Waals surface area (Å²) < 4.78 is 5.93. The predicted molar refractivity (Wildman–Crippen MR) is 75.7 cm³/mol. The Morgan fingerprint density at radius 3 is 2.76 bits per heavy atom. The molecule has 0 bridgehead atoms. The molecule has 0 spiro atoms. The van der Waals surface area contributed by atoms with Crippen molar-refractivity contribution < 1.29 is 4.74 Å². The van der Waals surface area contributed by atoms with Gasteiger partial charge in [-0.2, -0.15) is 0 Å². The molecule has 3 atom stereocenters. The van der Waals surface area contributed by atoms with Crippen molar-refractivity contribution in [1.82, 2.24) is 4.90 Å². The fraction of sp³-hybridized carbons (Fsp3) is 1.00. The molecule has 1 heterocycles. The molecule has 0 amide bonds. The zero-order chi connectivity index (χ0) is 12.3. The Labute approximate surface area is 114 Å². The van der Waals surface area contributed by atoms with Gasteiger partial charge in [0, 0.05) is 24.5 Å². The summed E-state index contributed by atoms with van der Waals surface area (Å²) in [4.78, 5) is 2.71. The van der Waals surface area contributed by atoms with Crippen LogP contribution >= 0.6 is 15.9 Å². The van der Waals surface area contributed by atoms with Crippen LogP contribution in [0.1, 0.15) is 39.5 Å². The number of hydrogen-bond donors (Lipinski definition) is 0. The summed E-state index contributed by atoms with van der Waals surface area (Å²) in [6.07, 6.45) is 5.91. The van der Waals surface area contributed by atoms with E-state index in [4.69, 9.17) is 4.74 Å². The predicted octanol–water partition coefficient (Wildman–Crippen LogP) is 3.30. The number of ether oxygens (including phenoxy) is 1. The minimum absolute atomic E-state index is 0.528. The lowest BCUT2D eigenvalue weighted by Gasteiger charge is -2.45. The van der Waals surface area contributed by atoms with Gasteiger partial charge >= 0.3 is 0 Å². The molecule has 2 nitrogen and oxygen atoms in total. The highest BCUT2D eigenvalue weighted by Crippen LogP contribution is 2.29. The Kier molecular flexibility index (Phi) is 5.31. The Morgan fingerprint density at radius 2 is 2.06 bits per heavy atom. The lowest BCUT2D eigenvalue weighted by atomic mass is 9.88. The molecule has 100 valence electrons. The first-order valence-corrected chi connectivity index (χ1v) is 8.26. The molecule has 1 aliphatic carbocycles. The maximum absolute atomic E-state index is 5.93. The largest absolute Gasteiger partial charge is 0.375 e. The quantitative estimate of drug-likeness (QED) is 0.739. The van der Waals surface area contributed by atoms with Gasteiger partial charge in [0.2, 0.25) is 0 Å². The van der Waals surface area contributed by atoms with Gasteiger partial charge in [0.25, 0.3) is 0 Å². The molecule has 2 rings (SSSR count). The van der Waals surface area contributed by atoms with Crippen molar-refractivity contribution >= 4 is 15.9 Å². The van der Waals surface area contributed by atoms with Crippen molar-refractivity contribution in [3.63, 3.8) is 0 Å². The second-order valence-corrected chi connectivity index (χ2v) is 6.56. The molecule has 0 aromatic rings. The lowest BCUT2D eigenvalue weighted by Crippen LogP contribution is -2.54. The molecule has 3 heteroatoms.